The molecule has 2 heterocycles. The molecule has 11 rings (SSSR count). The molecular weight excluding hydrogens is 953 g/mol. The standard InChI is InChI=1S/C69H68N2O2S2/c1-7-36-67(37-8-2)55-25-19-17-23-52(55)61-63(67)60-51-22-16-18-24-54(51)68(38-9-3,39-10-4)64(60)62-53-32-30-49(43-56(53)69(40-11-5,41-12-6)65(61)62)71(47-20-14-13-15-21-47)48-28-26-45(27-29-48)57-34-35-59(75-57)58-33-31-50(74-58)42-46(44-70)66(72)73/h13-35,42-43H,7-12,36-41H2,1-6H3,(H,72,73)/b46-42-. The molecule has 0 bridgehead atoms. The van der Waals surface area contributed by atoms with E-state index >= 15 is 0 Å². The maximum absolute atomic E-state index is 11.5. The van der Waals surface area contributed by atoms with Crippen molar-refractivity contribution in [3.8, 4) is 59.6 Å². The van der Waals surface area contributed by atoms with Gasteiger partial charge in [0.05, 0.1) is 0 Å². The fourth-order valence-corrected chi connectivity index (χ4v) is 16.7. The summed E-state index contributed by atoms with van der Waals surface area (Å²) in [7, 11) is 0. The molecule has 0 saturated heterocycles. The lowest BCUT2D eigenvalue weighted by molar-refractivity contribution is -0.132. The van der Waals surface area contributed by atoms with Crippen LogP contribution in [0.4, 0.5) is 17.1 Å². The van der Waals surface area contributed by atoms with Crippen LogP contribution >= 0.6 is 22.7 Å². The maximum atomic E-state index is 11.5. The number of nitriles is 1. The van der Waals surface area contributed by atoms with Crippen LogP contribution in [-0.4, -0.2) is 11.1 Å². The van der Waals surface area contributed by atoms with Crippen LogP contribution in [0.3, 0.4) is 0 Å². The highest BCUT2D eigenvalue weighted by atomic mass is 32.1. The van der Waals surface area contributed by atoms with Crippen LogP contribution in [0.15, 0.2) is 151 Å². The number of thiophene rings is 2. The molecule has 2 aromatic heterocycles. The lowest BCUT2D eigenvalue weighted by Gasteiger charge is -2.39. The SMILES string of the molecule is CCCC1(CCC)c2ccccc2-c2c1c1c(c3c2C(CCC)(CCC)c2cc(N(c4ccccc4)c4ccc(-c5ccc(-c6ccc(/C=C(/C#N)C(=O)O)s6)s5)cc4)ccc2-3)C(CCC)(CCC)c2ccccc2-1. The Labute approximate surface area is 453 Å². The van der Waals surface area contributed by atoms with Gasteiger partial charge in [0, 0.05) is 52.8 Å². The Morgan fingerprint density at radius 3 is 1.43 bits per heavy atom. The van der Waals surface area contributed by atoms with Gasteiger partial charge in [-0.3, -0.25) is 0 Å². The smallest absolute Gasteiger partial charge is 0.346 e. The van der Waals surface area contributed by atoms with Gasteiger partial charge in [0.25, 0.3) is 0 Å². The minimum atomic E-state index is -1.21. The van der Waals surface area contributed by atoms with Crippen LogP contribution in [-0.2, 0) is 21.0 Å². The number of rotatable bonds is 19. The van der Waals surface area contributed by atoms with Gasteiger partial charge < -0.3 is 10.0 Å². The molecule has 0 spiro atoms. The first-order valence-corrected chi connectivity index (χ1v) is 29.4. The largest absolute Gasteiger partial charge is 0.477 e. The molecule has 0 amide bonds. The second-order valence-corrected chi connectivity index (χ2v) is 23.6. The van der Waals surface area contributed by atoms with Gasteiger partial charge >= 0.3 is 5.97 Å². The predicted octanol–water partition coefficient (Wildman–Crippen LogP) is 20.2. The normalized spacial score (nSPS) is 14.9. The Kier molecular flexibility index (Phi) is 13.7. The number of para-hydroxylation sites is 1. The van der Waals surface area contributed by atoms with Crippen molar-refractivity contribution in [2.45, 2.75) is 135 Å². The molecule has 4 nitrogen and oxygen atoms in total. The number of hydrogen-bond acceptors (Lipinski definition) is 5. The zero-order valence-electron chi connectivity index (χ0n) is 44.5. The van der Waals surface area contributed by atoms with Crippen LogP contribution in [0.1, 0.15) is 157 Å². The molecule has 378 valence electrons. The Hall–Kier alpha value is -6.78. The molecule has 1 N–H and O–H groups in total. The first-order chi connectivity index (χ1) is 36.7. The molecule has 0 aliphatic heterocycles. The number of fused-ring (bicyclic) bond motifs is 12. The quantitative estimate of drug-likeness (QED) is 0.0647. The van der Waals surface area contributed by atoms with Crippen LogP contribution in [0.25, 0.3) is 59.7 Å². The van der Waals surface area contributed by atoms with Gasteiger partial charge in [-0.05, 0) is 178 Å². The summed E-state index contributed by atoms with van der Waals surface area (Å²) < 4.78 is 0. The number of carboxylic acids is 1. The third kappa shape index (κ3) is 7.90. The van der Waals surface area contributed by atoms with Gasteiger partial charge in [0.2, 0.25) is 0 Å². The number of aliphatic carboxylic acids is 1. The summed E-state index contributed by atoms with van der Waals surface area (Å²) in [6.07, 6.45) is 14.9. The highest BCUT2D eigenvalue weighted by Gasteiger charge is 2.57. The highest BCUT2D eigenvalue weighted by molar-refractivity contribution is 7.24. The summed E-state index contributed by atoms with van der Waals surface area (Å²) in [5.41, 5.74) is 22.5. The van der Waals surface area contributed by atoms with E-state index in [4.69, 9.17) is 0 Å². The first-order valence-electron chi connectivity index (χ1n) is 27.8. The van der Waals surface area contributed by atoms with E-state index in [1.54, 1.807) is 61.9 Å². The Morgan fingerprint density at radius 1 is 0.493 bits per heavy atom. The van der Waals surface area contributed by atoms with E-state index < -0.39 is 5.97 Å². The van der Waals surface area contributed by atoms with Crippen molar-refractivity contribution in [1.82, 2.24) is 0 Å². The average molecular weight is 1020 g/mol. The summed E-state index contributed by atoms with van der Waals surface area (Å²) in [6, 6.07) is 56.9. The molecule has 3 aliphatic rings. The van der Waals surface area contributed by atoms with E-state index in [1.165, 1.54) is 45.4 Å². The van der Waals surface area contributed by atoms with Crippen molar-refractivity contribution < 1.29 is 9.90 Å². The average Bonchev–Trinajstić information content (AvgIpc) is 4.26. The van der Waals surface area contributed by atoms with E-state index in [0.29, 0.717) is 0 Å². The minimum absolute atomic E-state index is 0.0707. The highest BCUT2D eigenvalue weighted by Crippen LogP contribution is 2.71. The van der Waals surface area contributed by atoms with Gasteiger partial charge in [-0.15, -0.1) is 22.7 Å². The lowest BCUT2D eigenvalue weighted by atomic mass is 9.64. The third-order valence-corrected chi connectivity index (χ3v) is 19.4. The number of carbonyl (C=O) groups is 1. The molecule has 3 aliphatic carbocycles. The minimum Gasteiger partial charge on any atom is -0.477 e. The summed E-state index contributed by atoms with van der Waals surface area (Å²) >= 11 is 3.21. The molecule has 6 heteroatoms. The number of carboxylic acid groups (broad SMARTS) is 1. The zero-order valence-corrected chi connectivity index (χ0v) is 46.1. The van der Waals surface area contributed by atoms with Crippen molar-refractivity contribution >= 4 is 51.8 Å². The van der Waals surface area contributed by atoms with Crippen LogP contribution < -0.4 is 4.90 Å². The molecule has 8 aromatic rings. The van der Waals surface area contributed by atoms with E-state index in [2.05, 4.69) is 180 Å². The van der Waals surface area contributed by atoms with Gasteiger partial charge in [-0.2, -0.15) is 5.26 Å². The molecule has 0 fully saturated rings. The van der Waals surface area contributed by atoms with E-state index in [0.717, 1.165) is 113 Å². The van der Waals surface area contributed by atoms with Crippen LogP contribution in [0.5, 0.6) is 0 Å². The zero-order chi connectivity index (χ0) is 52.1. The Bertz CT molecular complexity index is 3510. The molecule has 6 aromatic carbocycles. The van der Waals surface area contributed by atoms with Gasteiger partial charge in [-0.25, -0.2) is 4.79 Å². The van der Waals surface area contributed by atoms with Gasteiger partial charge in [-0.1, -0.05) is 165 Å². The molecular formula is C69H68N2O2S2. The number of benzene rings is 6. The Balaban J connectivity index is 1.12. The van der Waals surface area contributed by atoms with Crippen molar-refractivity contribution in [2.75, 3.05) is 4.90 Å². The van der Waals surface area contributed by atoms with Crippen molar-refractivity contribution in [2.24, 2.45) is 0 Å². The van der Waals surface area contributed by atoms with E-state index in [9.17, 15) is 15.2 Å². The third-order valence-electron chi connectivity index (χ3n) is 17.0. The second kappa shape index (κ2) is 20.4. The van der Waals surface area contributed by atoms with Crippen LogP contribution in [0.2, 0.25) is 0 Å². The molecule has 0 saturated carbocycles. The maximum Gasteiger partial charge on any atom is 0.346 e. The van der Waals surface area contributed by atoms with E-state index in [-0.39, 0.29) is 21.8 Å². The van der Waals surface area contributed by atoms with E-state index in [1.807, 2.05) is 12.1 Å². The number of hydrogen-bond donors (Lipinski definition) is 1. The summed E-state index contributed by atoms with van der Waals surface area (Å²) in [5.74, 6) is -1.21. The second-order valence-electron chi connectivity index (χ2n) is 21.4. The van der Waals surface area contributed by atoms with Gasteiger partial charge in [0.15, 0.2) is 0 Å². The molecule has 75 heavy (non-hydrogen) atoms. The molecule has 0 unspecified atom stereocenters. The fraction of sp³-hybridized carbons (Fsp3) is 0.304. The summed E-state index contributed by atoms with van der Waals surface area (Å²) in [6.45, 7) is 14.5. The predicted molar refractivity (Wildman–Crippen MR) is 317 cm³/mol. The summed E-state index contributed by atoms with van der Waals surface area (Å²) in [5, 5.41) is 18.7. The van der Waals surface area contributed by atoms with Crippen molar-refractivity contribution in [3.05, 3.63) is 189 Å². The van der Waals surface area contributed by atoms with Crippen LogP contribution in [0, 0.1) is 11.3 Å². The monoisotopic (exact) mass is 1020 g/mol. The van der Waals surface area contributed by atoms with Crippen molar-refractivity contribution in [3.63, 3.8) is 0 Å². The number of anilines is 3. The first kappa shape index (κ1) is 50.4. The molecule has 0 radical (unpaired) electrons. The number of nitrogens with zero attached hydrogens (tertiary/aromatic N) is 2. The topological polar surface area (TPSA) is 64.3 Å². The lowest BCUT2D eigenvalue weighted by Crippen LogP contribution is -2.30. The van der Waals surface area contributed by atoms with Crippen molar-refractivity contribution in [1.29, 1.82) is 5.26 Å². The fourth-order valence-electron chi connectivity index (χ4n) is 14.7. The molecule has 0 atom stereocenters. The Morgan fingerprint density at radius 2 is 0.920 bits per heavy atom. The van der Waals surface area contributed by atoms with Gasteiger partial charge in [0.1, 0.15) is 11.6 Å². The summed E-state index contributed by atoms with van der Waals surface area (Å²) in [4.78, 5) is 18.0.